The van der Waals surface area contributed by atoms with Gasteiger partial charge in [-0.1, -0.05) is 32.0 Å². The van der Waals surface area contributed by atoms with Crippen molar-refractivity contribution in [2.45, 2.75) is 77.4 Å². The van der Waals surface area contributed by atoms with Crippen LogP contribution in [-0.2, 0) is 4.79 Å². The van der Waals surface area contributed by atoms with Crippen LogP contribution in [0.15, 0.2) is 18.2 Å². The Kier molecular flexibility index (Phi) is 5.60. The lowest BCUT2D eigenvalue weighted by Crippen LogP contribution is -2.55. The number of halogens is 1. The highest BCUT2D eigenvalue weighted by Gasteiger charge is 2.42. The molecule has 27 heavy (non-hydrogen) atoms. The number of nitrogens with one attached hydrogen (secondary N) is 1. The maximum Gasteiger partial charge on any atom is 0.223 e. The normalized spacial score (nSPS) is 25.9. The number of likely N-dealkylation sites (tertiary alicyclic amines) is 1. The number of aromatic nitrogens is 1. The molecule has 1 aliphatic heterocycles. The van der Waals surface area contributed by atoms with E-state index in [0.29, 0.717) is 19.4 Å². The van der Waals surface area contributed by atoms with E-state index in [4.69, 9.17) is 11.6 Å². The third kappa shape index (κ3) is 3.62. The van der Waals surface area contributed by atoms with Gasteiger partial charge in [0, 0.05) is 35.6 Å². The van der Waals surface area contributed by atoms with Crippen molar-refractivity contribution in [2.24, 2.45) is 0 Å². The van der Waals surface area contributed by atoms with Crippen LogP contribution in [0.3, 0.4) is 0 Å². The predicted octanol–water partition coefficient (Wildman–Crippen LogP) is 5.17. The number of H-pyrrole nitrogens is 1. The molecule has 148 valence electrons. The number of aromatic amines is 1. The minimum atomic E-state index is -0.535. The van der Waals surface area contributed by atoms with Gasteiger partial charge in [-0.05, 0) is 62.6 Å². The second-order valence-corrected chi connectivity index (χ2v) is 8.65. The zero-order valence-corrected chi connectivity index (χ0v) is 16.3. The summed E-state index contributed by atoms with van der Waals surface area (Å²) < 4.78 is 0. The molecule has 2 aromatic rings. The molecule has 1 saturated carbocycles. The number of nitrogens with zero attached hydrogens (tertiary/aromatic N) is 1. The van der Waals surface area contributed by atoms with Gasteiger partial charge in [-0.3, -0.25) is 4.79 Å². The van der Waals surface area contributed by atoms with Crippen molar-refractivity contribution in [3.8, 4) is 0 Å². The molecule has 1 aliphatic carbocycles. The van der Waals surface area contributed by atoms with Crippen LogP contribution in [0.4, 0.5) is 0 Å². The highest BCUT2D eigenvalue weighted by molar-refractivity contribution is 6.35. The van der Waals surface area contributed by atoms with Crippen LogP contribution in [0.5, 0.6) is 0 Å². The molecule has 2 heterocycles. The van der Waals surface area contributed by atoms with Crippen LogP contribution >= 0.6 is 11.6 Å². The van der Waals surface area contributed by atoms with Crippen LogP contribution < -0.4 is 0 Å². The summed E-state index contributed by atoms with van der Waals surface area (Å²) in [4.78, 5) is 18.5. The van der Waals surface area contributed by atoms with Crippen molar-refractivity contribution >= 4 is 28.4 Å². The predicted molar refractivity (Wildman–Crippen MR) is 111 cm³/mol. The van der Waals surface area contributed by atoms with E-state index in [1.807, 2.05) is 23.1 Å². The SMILES string of the molecule is C.Cc1[nH]c2cccc(Cl)c2c1C(C)CC(=O)N1CCC2(O)CCCC1C2. The number of carbonyl (C=O) groups is 1. The summed E-state index contributed by atoms with van der Waals surface area (Å²) in [5.74, 6) is 0.299. The Morgan fingerprint density at radius 2 is 2.22 bits per heavy atom. The summed E-state index contributed by atoms with van der Waals surface area (Å²) in [6.07, 6.45) is 4.84. The molecule has 4 rings (SSSR count). The van der Waals surface area contributed by atoms with Crippen LogP contribution in [0.25, 0.3) is 10.9 Å². The van der Waals surface area contributed by atoms with Crippen LogP contribution in [-0.4, -0.2) is 39.1 Å². The molecule has 4 nitrogen and oxygen atoms in total. The Labute approximate surface area is 166 Å². The van der Waals surface area contributed by atoms with Gasteiger partial charge in [-0.15, -0.1) is 0 Å². The monoisotopic (exact) mass is 390 g/mol. The standard InChI is InChI=1S/C21H27ClN2O2.CH4/c1-13(19-14(2)23-17-7-3-6-16(22)20(17)19)11-18(25)24-10-9-21(26)8-4-5-15(24)12-21;/h3,6-7,13,15,23,26H,4-5,8-12H2,1-2H3;1H4. The number of amides is 1. The molecule has 1 aromatic heterocycles. The maximum absolute atomic E-state index is 13.0. The molecule has 3 atom stereocenters. The van der Waals surface area contributed by atoms with E-state index in [9.17, 15) is 9.90 Å². The smallest absolute Gasteiger partial charge is 0.223 e. The molecule has 0 spiro atoms. The number of hydrogen-bond acceptors (Lipinski definition) is 2. The number of benzene rings is 1. The quantitative estimate of drug-likeness (QED) is 0.759. The van der Waals surface area contributed by atoms with E-state index in [2.05, 4.69) is 18.8 Å². The Morgan fingerprint density at radius 1 is 1.44 bits per heavy atom. The third-order valence-corrected chi connectivity index (χ3v) is 6.67. The number of piperidine rings is 1. The van der Waals surface area contributed by atoms with Crippen molar-refractivity contribution < 1.29 is 9.90 Å². The lowest BCUT2D eigenvalue weighted by atomic mass is 9.76. The van der Waals surface area contributed by atoms with Crippen LogP contribution in [0, 0.1) is 6.92 Å². The van der Waals surface area contributed by atoms with Gasteiger partial charge < -0.3 is 15.0 Å². The molecule has 3 unspecified atom stereocenters. The average molecular weight is 391 g/mol. The van der Waals surface area contributed by atoms with E-state index in [1.54, 1.807) is 0 Å². The second-order valence-electron chi connectivity index (χ2n) is 8.24. The van der Waals surface area contributed by atoms with Crippen LogP contribution in [0.1, 0.15) is 70.1 Å². The largest absolute Gasteiger partial charge is 0.390 e. The first-order valence-electron chi connectivity index (χ1n) is 9.66. The lowest BCUT2D eigenvalue weighted by molar-refractivity contribution is -0.144. The van der Waals surface area contributed by atoms with Gasteiger partial charge in [0.1, 0.15) is 0 Å². The maximum atomic E-state index is 13.0. The topological polar surface area (TPSA) is 56.3 Å². The number of rotatable bonds is 3. The van der Waals surface area contributed by atoms with Gasteiger partial charge >= 0.3 is 0 Å². The summed E-state index contributed by atoms with van der Waals surface area (Å²) >= 11 is 6.45. The molecule has 1 amide bonds. The molecular formula is C22H31ClN2O2. The minimum Gasteiger partial charge on any atom is -0.390 e. The van der Waals surface area contributed by atoms with Crippen molar-refractivity contribution in [3.63, 3.8) is 0 Å². The van der Waals surface area contributed by atoms with Crippen molar-refractivity contribution in [1.82, 2.24) is 9.88 Å². The van der Waals surface area contributed by atoms with Crippen LogP contribution in [0.2, 0.25) is 5.02 Å². The first kappa shape index (κ1) is 20.2. The van der Waals surface area contributed by atoms with E-state index < -0.39 is 5.60 Å². The first-order chi connectivity index (χ1) is 12.4. The molecular weight excluding hydrogens is 360 g/mol. The van der Waals surface area contributed by atoms with Crippen molar-refractivity contribution in [3.05, 3.63) is 34.5 Å². The van der Waals surface area contributed by atoms with Gasteiger partial charge in [0.2, 0.25) is 5.91 Å². The molecule has 0 radical (unpaired) electrons. The molecule has 2 aliphatic rings. The number of fused-ring (bicyclic) bond motifs is 3. The Morgan fingerprint density at radius 3 is 3.00 bits per heavy atom. The zero-order chi connectivity index (χ0) is 18.5. The minimum absolute atomic E-state index is 0. The van der Waals surface area contributed by atoms with Gasteiger partial charge in [-0.25, -0.2) is 0 Å². The first-order valence-corrected chi connectivity index (χ1v) is 10.0. The molecule has 1 saturated heterocycles. The van der Waals surface area contributed by atoms with E-state index >= 15 is 0 Å². The number of carbonyl (C=O) groups excluding carboxylic acids is 1. The zero-order valence-electron chi connectivity index (χ0n) is 15.5. The Bertz CT molecular complexity index is 846. The fraction of sp³-hybridized carbons (Fsp3) is 0.591. The fourth-order valence-corrected chi connectivity index (χ4v) is 5.37. The molecule has 1 aromatic carbocycles. The summed E-state index contributed by atoms with van der Waals surface area (Å²) in [5.41, 5.74) is 2.72. The van der Waals surface area contributed by atoms with Gasteiger partial charge in [-0.2, -0.15) is 0 Å². The van der Waals surface area contributed by atoms with Gasteiger partial charge in [0.05, 0.1) is 10.6 Å². The summed E-state index contributed by atoms with van der Waals surface area (Å²) in [5, 5.41) is 12.3. The summed E-state index contributed by atoms with van der Waals surface area (Å²) in [6, 6.07) is 6.08. The second kappa shape index (κ2) is 7.48. The number of aliphatic hydroxyl groups is 1. The highest BCUT2D eigenvalue weighted by Crippen LogP contribution is 2.40. The van der Waals surface area contributed by atoms with Crippen molar-refractivity contribution in [1.29, 1.82) is 0 Å². The van der Waals surface area contributed by atoms with E-state index in [1.165, 1.54) is 0 Å². The third-order valence-electron chi connectivity index (χ3n) is 6.36. The highest BCUT2D eigenvalue weighted by atomic mass is 35.5. The lowest BCUT2D eigenvalue weighted by Gasteiger charge is -2.48. The average Bonchev–Trinajstić information content (AvgIpc) is 2.92. The van der Waals surface area contributed by atoms with Crippen molar-refractivity contribution in [2.75, 3.05) is 6.54 Å². The number of hydrogen-bond donors (Lipinski definition) is 2. The number of aryl methyl sites for hydroxylation is 1. The van der Waals surface area contributed by atoms with E-state index in [0.717, 1.165) is 52.9 Å². The Balaban J connectivity index is 0.00000210. The molecule has 2 N–H and O–H groups in total. The summed E-state index contributed by atoms with van der Waals surface area (Å²) in [6.45, 7) is 4.84. The Hall–Kier alpha value is -1.52. The summed E-state index contributed by atoms with van der Waals surface area (Å²) in [7, 11) is 0. The fourth-order valence-electron chi connectivity index (χ4n) is 5.10. The molecule has 5 heteroatoms. The van der Waals surface area contributed by atoms with E-state index in [-0.39, 0.29) is 25.3 Å². The van der Waals surface area contributed by atoms with Gasteiger partial charge in [0.15, 0.2) is 0 Å². The molecule has 2 fully saturated rings. The molecule has 2 bridgehead atoms. The van der Waals surface area contributed by atoms with Gasteiger partial charge in [0.25, 0.3) is 0 Å².